The molecule has 2 aromatic rings. The third-order valence-corrected chi connectivity index (χ3v) is 5.58. The Hall–Kier alpha value is -3.73. The number of aromatic nitrogens is 1. The molecule has 1 aromatic heterocycles. The molecule has 0 saturated carbocycles. The van der Waals surface area contributed by atoms with E-state index in [0.717, 1.165) is 5.56 Å². The molecule has 2 heterocycles. The van der Waals surface area contributed by atoms with E-state index in [-0.39, 0.29) is 23.3 Å². The van der Waals surface area contributed by atoms with Crippen LogP contribution in [0.3, 0.4) is 0 Å². The number of amides is 2. The van der Waals surface area contributed by atoms with Crippen LogP contribution in [0, 0.1) is 5.82 Å². The molecule has 37 heavy (non-hydrogen) atoms. The Morgan fingerprint density at radius 3 is 2.68 bits per heavy atom. The summed E-state index contributed by atoms with van der Waals surface area (Å²) in [5, 5.41) is 9.12. The number of likely N-dealkylation sites (N-methyl/N-ethyl adjacent to an activating group) is 1. The van der Waals surface area contributed by atoms with Gasteiger partial charge >= 0.3 is 6.09 Å². The maximum Gasteiger partial charge on any atom is 0.410 e. The molecule has 0 spiro atoms. The van der Waals surface area contributed by atoms with Gasteiger partial charge in [-0.1, -0.05) is 12.2 Å². The van der Waals surface area contributed by atoms with Gasteiger partial charge in [0.15, 0.2) is 0 Å². The lowest BCUT2D eigenvalue weighted by Gasteiger charge is -2.25. The first-order valence-electron chi connectivity index (χ1n) is 11.9. The molecule has 11 heteroatoms. The molecule has 0 radical (unpaired) electrons. The van der Waals surface area contributed by atoms with Gasteiger partial charge in [0.05, 0.1) is 18.3 Å². The van der Waals surface area contributed by atoms with E-state index in [1.807, 2.05) is 26.8 Å². The number of carbonyl (C=O) groups is 2. The van der Waals surface area contributed by atoms with Crippen molar-refractivity contribution in [2.24, 2.45) is 0 Å². The summed E-state index contributed by atoms with van der Waals surface area (Å²) in [6, 6.07) is 7.55. The van der Waals surface area contributed by atoms with Crippen LogP contribution in [0.25, 0.3) is 0 Å². The molecular formula is C26H32FN5O4S. The summed E-state index contributed by atoms with van der Waals surface area (Å²) in [6.45, 7) is 6.85. The van der Waals surface area contributed by atoms with Crippen LogP contribution < -0.4 is 20.7 Å². The molecule has 2 amide bonds. The Bertz CT molecular complexity index is 1160. The van der Waals surface area contributed by atoms with Gasteiger partial charge in [-0.2, -0.15) is 0 Å². The molecule has 1 aromatic carbocycles. The van der Waals surface area contributed by atoms with Crippen molar-refractivity contribution in [3.8, 4) is 5.75 Å². The molecule has 0 bridgehead atoms. The number of halogens is 1. The highest BCUT2D eigenvalue weighted by Crippen LogP contribution is 2.20. The van der Waals surface area contributed by atoms with Crippen molar-refractivity contribution in [1.29, 1.82) is 0 Å². The minimum absolute atomic E-state index is 0.239. The van der Waals surface area contributed by atoms with Crippen LogP contribution in [0.5, 0.6) is 5.75 Å². The largest absolute Gasteiger partial charge is 0.490 e. The minimum Gasteiger partial charge on any atom is -0.490 e. The van der Waals surface area contributed by atoms with E-state index in [4.69, 9.17) is 21.7 Å². The SMILES string of the molecule is CN(CCOc1cnccc1CNC1=C(C(=S)Nc2ccc(F)cc2)C(=O)NCC1)C(=O)OC(C)(C)C. The van der Waals surface area contributed by atoms with Gasteiger partial charge in [-0.3, -0.25) is 9.78 Å². The summed E-state index contributed by atoms with van der Waals surface area (Å²) in [5.41, 5.74) is 1.86. The Morgan fingerprint density at radius 2 is 1.97 bits per heavy atom. The fraction of sp³-hybridized carbons (Fsp3) is 0.385. The standard InChI is InChI=1S/C26H32FN5O4S/c1-26(2,3)36-25(34)32(4)13-14-35-21-16-28-11-9-17(21)15-30-20-10-12-29-23(33)22(20)24(37)31-19-7-5-18(27)6-8-19/h5-9,11,16,30H,10,12-15H2,1-4H3,(H,29,33)(H,31,37). The van der Waals surface area contributed by atoms with Crippen LogP contribution in [-0.4, -0.2) is 59.2 Å². The van der Waals surface area contributed by atoms with Gasteiger partial charge in [0.1, 0.15) is 28.8 Å². The second-order valence-corrected chi connectivity index (χ2v) is 9.82. The van der Waals surface area contributed by atoms with Crippen LogP contribution in [0.1, 0.15) is 32.8 Å². The first-order valence-corrected chi connectivity index (χ1v) is 12.3. The van der Waals surface area contributed by atoms with E-state index in [2.05, 4.69) is 20.9 Å². The highest BCUT2D eigenvalue weighted by atomic mass is 32.1. The number of rotatable bonds is 9. The molecule has 1 aliphatic rings. The number of hydrogen-bond donors (Lipinski definition) is 3. The zero-order chi connectivity index (χ0) is 27.0. The number of anilines is 1. The van der Waals surface area contributed by atoms with E-state index in [1.165, 1.54) is 17.0 Å². The molecule has 1 aliphatic heterocycles. The maximum atomic E-state index is 13.2. The average Bonchev–Trinajstić information content (AvgIpc) is 2.83. The van der Waals surface area contributed by atoms with Crippen molar-refractivity contribution >= 4 is 34.9 Å². The van der Waals surface area contributed by atoms with Crippen molar-refractivity contribution in [3.05, 3.63) is 65.4 Å². The average molecular weight is 530 g/mol. The fourth-order valence-electron chi connectivity index (χ4n) is 3.41. The lowest BCUT2D eigenvalue weighted by molar-refractivity contribution is -0.117. The maximum absolute atomic E-state index is 13.2. The minimum atomic E-state index is -0.575. The number of pyridine rings is 1. The van der Waals surface area contributed by atoms with Crippen LogP contribution in [-0.2, 0) is 16.1 Å². The first-order chi connectivity index (χ1) is 17.5. The second kappa shape index (κ2) is 12.5. The lowest BCUT2D eigenvalue weighted by Crippen LogP contribution is -2.39. The molecule has 3 N–H and O–H groups in total. The molecule has 0 fully saturated rings. The number of hydrogen-bond acceptors (Lipinski definition) is 7. The summed E-state index contributed by atoms with van der Waals surface area (Å²) >= 11 is 5.49. The summed E-state index contributed by atoms with van der Waals surface area (Å²) in [7, 11) is 1.65. The number of nitrogens with one attached hydrogen (secondary N) is 3. The lowest BCUT2D eigenvalue weighted by atomic mass is 10.1. The summed E-state index contributed by atoms with van der Waals surface area (Å²) in [5.74, 6) is -0.0907. The zero-order valence-electron chi connectivity index (χ0n) is 21.4. The third-order valence-electron chi connectivity index (χ3n) is 5.27. The smallest absolute Gasteiger partial charge is 0.410 e. The van der Waals surface area contributed by atoms with Gasteiger partial charge in [-0.05, 0) is 51.1 Å². The molecule has 0 saturated heterocycles. The summed E-state index contributed by atoms with van der Waals surface area (Å²) in [6.07, 6.45) is 3.40. The molecule has 0 atom stereocenters. The predicted octanol–water partition coefficient (Wildman–Crippen LogP) is 3.77. The Labute approximate surface area is 221 Å². The highest BCUT2D eigenvalue weighted by Gasteiger charge is 2.24. The van der Waals surface area contributed by atoms with Crippen LogP contribution in [0.2, 0.25) is 0 Å². The van der Waals surface area contributed by atoms with Gasteiger partial charge in [0.25, 0.3) is 5.91 Å². The second-order valence-electron chi connectivity index (χ2n) is 9.41. The summed E-state index contributed by atoms with van der Waals surface area (Å²) in [4.78, 5) is 30.6. The van der Waals surface area contributed by atoms with Crippen molar-refractivity contribution in [3.63, 3.8) is 0 Å². The predicted molar refractivity (Wildman–Crippen MR) is 143 cm³/mol. The highest BCUT2D eigenvalue weighted by molar-refractivity contribution is 7.81. The Morgan fingerprint density at radius 1 is 1.24 bits per heavy atom. The van der Waals surface area contributed by atoms with E-state index in [1.54, 1.807) is 31.6 Å². The number of carbonyl (C=O) groups excluding carboxylic acids is 2. The van der Waals surface area contributed by atoms with E-state index in [9.17, 15) is 14.0 Å². The quantitative estimate of drug-likeness (QED) is 0.422. The number of benzene rings is 1. The zero-order valence-corrected chi connectivity index (χ0v) is 22.2. The van der Waals surface area contributed by atoms with Crippen molar-refractivity contribution in [1.82, 2.24) is 20.5 Å². The fourth-order valence-corrected chi connectivity index (χ4v) is 3.74. The molecular weight excluding hydrogens is 497 g/mol. The number of thiocarbonyl (C=S) groups is 1. The Kier molecular flexibility index (Phi) is 9.40. The van der Waals surface area contributed by atoms with Gasteiger partial charge < -0.3 is 30.3 Å². The normalized spacial score (nSPS) is 13.5. The molecule has 3 rings (SSSR count). The molecule has 9 nitrogen and oxygen atoms in total. The molecule has 0 unspecified atom stereocenters. The van der Waals surface area contributed by atoms with E-state index >= 15 is 0 Å². The molecule has 198 valence electrons. The topological polar surface area (TPSA) is 105 Å². The van der Waals surface area contributed by atoms with Crippen molar-refractivity contribution in [2.45, 2.75) is 39.3 Å². The first kappa shape index (κ1) is 27.9. The van der Waals surface area contributed by atoms with Gasteiger partial charge in [0, 0.05) is 49.7 Å². The van der Waals surface area contributed by atoms with Gasteiger partial charge in [-0.25, -0.2) is 9.18 Å². The molecule has 0 aliphatic carbocycles. The van der Waals surface area contributed by atoms with Gasteiger partial charge in [-0.15, -0.1) is 0 Å². The van der Waals surface area contributed by atoms with E-state index < -0.39 is 11.7 Å². The third kappa shape index (κ3) is 8.42. The number of nitrogens with zero attached hydrogens (tertiary/aromatic N) is 2. The van der Waals surface area contributed by atoms with Crippen molar-refractivity contribution in [2.75, 3.05) is 32.1 Å². The van der Waals surface area contributed by atoms with Crippen molar-refractivity contribution < 1.29 is 23.5 Å². The van der Waals surface area contributed by atoms with Crippen LogP contribution in [0.4, 0.5) is 14.9 Å². The summed E-state index contributed by atoms with van der Waals surface area (Å²) < 4.78 is 24.5. The van der Waals surface area contributed by atoms with Crippen LogP contribution >= 0.6 is 12.2 Å². The van der Waals surface area contributed by atoms with Gasteiger partial charge in [0.2, 0.25) is 0 Å². The van der Waals surface area contributed by atoms with Crippen LogP contribution in [0.15, 0.2) is 54.0 Å². The van der Waals surface area contributed by atoms with E-state index in [0.29, 0.717) is 48.8 Å². The Balaban J connectivity index is 1.64. The monoisotopic (exact) mass is 529 g/mol. The number of ether oxygens (including phenoxy) is 2.